The average molecular weight is 306 g/mol. The molecule has 0 saturated carbocycles. The molecule has 0 saturated heterocycles. The van der Waals surface area contributed by atoms with Gasteiger partial charge in [-0.05, 0) is 45.8 Å². The molecule has 0 unspecified atom stereocenters. The summed E-state index contributed by atoms with van der Waals surface area (Å²) < 4.78 is 13.9. The Hall–Kier alpha value is -1.93. The van der Waals surface area contributed by atoms with Crippen molar-refractivity contribution in [1.82, 2.24) is 4.98 Å². The quantitative estimate of drug-likeness (QED) is 0.883. The lowest BCUT2D eigenvalue weighted by Crippen LogP contribution is -2.00. The molecule has 1 N–H and O–H groups in total. The molecular formula is C13H9BrFN3. The van der Waals surface area contributed by atoms with Crippen molar-refractivity contribution < 1.29 is 4.39 Å². The van der Waals surface area contributed by atoms with Gasteiger partial charge in [0.25, 0.3) is 0 Å². The summed E-state index contributed by atoms with van der Waals surface area (Å²) in [6, 6.07) is 10.0. The van der Waals surface area contributed by atoms with Crippen molar-refractivity contribution in [3.8, 4) is 6.07 Å². The largest absolute Gasteiger partial charge is 0.380 e. The van der Waals surface area contributed by atoms with E-state index in [-0.39, 0.29) is 5.56 Å². The Balaban J connectivity index is 2.06. The standard InChI is InChI=1S/C13H9BrFN3/c14-13-4-2-11(8-18-13)17-7-9-1-3-12(15)10(5-9)6-16/h1-5,8,17H,7H2. The van der Waals surface area contributed by atoms with Gasteiger partial charge in [0, 0.05) is 6.54 Å². The minimum atomic E-state index is -0.494. The Morgan fingerprint density at radius 3 is 2.83 bits per heavy atom. The third-order valence-electron chi connectivity index (χ3n) is 2.38. The predicted molar refractivity (Wildman–Crippen MR) is 70.4 cm³/mol. The van der Waals surface area contributed by atoms with Crippen molar-refractivity contribution in [3.63, 3.8) is 0 Å². The highest BCUT2D eigenvalue weighted by Crippen LogP contribution is 2.13. The molecule has 18 heavy (non-hydrogen) atoms. The molecule has 0 aliphatic carbocycles. The number of nitrogens with zero attached hydrogens (tertiary/aromatic N) is 2. The molecule has 90 valence electrons. The number of pyridine rings is 1. The molecule has 0 fully saturated rings. The van der Waals surface area contributed by atoms with E-state index in [0.29, 0.717) is 6.54 Å². The third-order valence-corrected chi connectivity index (χ3v) is 2.84. The van der Waals surface area contributed by atoms with E-state index in [1.165, 1.54) is 12.1 Å². The number of rotatable bonds is 3. The summed E-state index contributed by atoms with van der Waals surface area (Å²) in [4.78, 5) is 4.08. The van der Waals surface area contributed by atoms with Gasteiger partial charge in [-0.3, -0.25) is 0 Å². The van der Waals surface area contributed by atoms with Crippen molar-refractivity contribution in [2.24, 2.45) is 0 Å². The fourth-order valence-corrected chi connectivity index (χ4v) is 1.69. The highest BCUT2D eigenvalue weighted by Gasteiger charge is 2.02. The van der Waals surface area contributed by atoms with Gasteiger partial charge in [-0.15, -0.1) is 0 Å². The van der Waals surface area contributed by atoms with E-state index in [1.54, 1.807) is 12.3 Å². The number of halogens is 2. The van der Waals surface area contributed by atoms with Crippen molar-refractivity contribution in [2.75, 3.05) is 5.32 Å². The summed E-state index contributed by atoms with van der Waals surface area (Å²) in [7, 11) is 0. The maximum atomic E-state index is 13.1. The minimum absolute atomic E-state index is 0.0585. The van der Waals surface area contributed by atoms with Crippen LogP contribution in [0, 0.1) is 17.1 Å². The number of anilines is 1. The van der Waals surface area contributed by atoms with Gasteiger partial charge >= 0.3 is 0 Å². The van der Waals surface area contributed by atoms with Gasteiger partial charge in [0.15, 0.2) is 0 Å². The van der Waals surface area contributed by atoms with E-state index in [2.05, 4.69) is 26.2 Å². The van der Waals surface area contributed by atoms with E-state index < -0.39 is 5.82 Å². The molecule has 0 aliphatic rings. The number of hydrogen-bond acceptors (Lipinski definition) is 3. The fraction of sp³-hybridized carbons (Fsp3) is 0.0769. The van der Waals surface area contributed by atoms with E-state index in [1.807, 2.05) is 18.2 Å². The van der Waals surface area contributed by atoms with Crippen LogP contribution in [0.4, 0.5) is 10.1 Å². The molecule has 0 radical (unpaired) electrons. The Kier molecular flexibility index (Phi) is 3.90. The summed E-state index contributed by atoms with van der Waals surface area (Å²) in [5.41, 5.74) is 1.76. The first-order chi connectivity index (χ1) is 8.69. The van der Waals surface area contributed by atoms with Crippen LogP contribution in [0.1, 0.15) is 11.1 Å². The Bertz CT molecular complexity index is 590. The van der Waals surface area contributed by atoms with Crippen molar-refractivity contribution in [2.45, 2.75) is 6.54 Å². The van der Waals surface area contributed by atoms with Crippen LogP contribution in [-0.4, -0.2) is 4.98 Å². The van der Waals surface area contributed by atoms with Crippen LogP contribution in [0.5, 0.6) is 0 Å². The lowest BCUT2D eigenvalue weighted by atomic mass is 10.1. The molecule has 2 rings (SSSR count). The van der Waals surface area contributed by atoms with Gasteiger partial charge in [0.05, 0.1) is 17.4 Å². The van der Waals surface area contributed by atoms with Crippen molar-refractivity contribution in [1.29, 1.82) is 5.26 Å². The zero-order valence-corrected chi connectivity index (χ0v) is 10.9. The van der Waals surface area contributed by atoms with Crippen molar-refractivity contribution >= 4 is 21.6 Å². The summed E-state index contributed by atoms with van der Waals surface area (Å²) in [5, 5.41) is 11.9. The van der Waals surface area contributed by atoms with Gasteiger partial charge in [-0.25, -0.2) is 9.37 Å². The fourth-order valence-electron chi connectivity index (χ4n) is 1.45. The number of nitrogens with one attached hydrogen (secondary N) is 1. The molecule has 3 nitrogen and oxygen atoms in total. The smallest absolute Gasteiger partial charge is 0.140 e. The Morgan fingerprint density at radius 2 is 2.17 bits per heavy atom. The first-order valence-electron chi connectivity index (χ1n) is 5.23. The lowest BCUT2D eigenvalue weighted by molar-refractivity contribution is 0.623. The normalized spacial score (nSPS) is 9.83. The summed E-state index contributed by atoms with van der Waals surface area (Å²) in [6.45, 7) is 0.512. The molecule has 5 heteroatoms. The molecule has 2 aromatic rings. The number of hydrogen-bond donors (Lipinski definition) is 1. The van der Waals surface area contributed by atoms with Gasteiger partial charge in [0.2, 0.25) is 0 Å². The maximum Gasteiger partial charge on any atom is 0.140 e. The monoisotopic (exact) mass is 305 g/mol. The SMILES string of the molecule is N#Cc1cc(CNc2ccc(Br)nc2)ccc1F. The molecule has 0 amide bonds. The number of benzene rings is 1. The minimum Gasteiger partial charge on any atom is -0.380 e. The molecule has 0 bridgehead atoms. The summed E-state index contributed by atoms with van der Waals surface area (Å²) in [5.74, 6) is -0.494. The van der Waals surface area contributed by atoms with E-state index in [4.69, 9.17) is 5.26 Å². The van der Waals surface area contributed by atoms with Crippen LogP contribution < -0.4 is 5.32 Å². The van der Waals surface area contributed by atoms with Crippen LogP contribution in [0.25, 0.3) is 0 Å². The van der Waals surface area contributed by atoms with Crippen LogP contribution in [-0.2, 0) is 6.54 Å². The highest BCUT2D eigenvalue weighted by atomic mass is 79.9. The zero-order chi connectivity index (χ0) is 13.0. The van der Waals surface area contributed by atoms with Crippen LogP contribution in [0.15, 0.2) is 41.1 Å². The predicted octanol–water partition coefficient (Wildman–Crippen LogP) is 3.47. The number of nitriles is 1. The second-order valence-corrected chi connectivity index (χ2v) is 4.46. The Labute approximate surface area is 112 Å². The summed E-state index contributed by atoms with van der Waals surface area (Å²) in [6.07, 6.45) is 1.69. The van der Waals surface area contributed by atoms with Gasteiger partial charge in [-0.1, -0.05) is 6.07 Å². The van der Waals surface area contributed by atoms with Crippen LogP contribution in [0.2, 0.25) is 0 Å². The molecule has 1 aromatic carbocycles. The zero-order valence-electron chi connectivity index (χ0n) is 9.32. The van der Waals surface area contributed by atoms with Crippen LogP contribution in [0.3, 0.4) is 0 Å². The first kappa shape index (κ1) is 12.5. The third kappa shape index (κ3) is 3.05. The second kappa shape index (κ2) is 5.61. The lowest BCUT2D eigenvalue weighted by Gasteiger charge is -2.06. The van der Waals surface area contributed by atoms with Gasteiger partial charge in [-0.2, -0.15) is 5.26 Å². The van der Waals surface area contributed by atoms with Gasteiger partial charge < -0.3 is 5.32 Å². The summed E-state index contributed by atoms with van der Waals surface area (Å²) >= 11 is 3.25. The highest BCUT2D eigenvalue weighted by molar-refractivity contribution is 9.10. The van der Waals surface area contributed by atoms with Crippen LogP contribution >= 0.6 is 15.9 Å². The number of aromatic nitrogens is 1. The molecule has 1 aromatic heterocycles. The van der Waals surface area contributed by atoms with Gasteiger partial charge in [0.1, 0.15) is 16.5 Å². The average Bonchev–Trinajstić information content (AvgIpc) is 2.39. The first-order valence-corrected chi connectivity index (χ1v) is 6.02. The molecule has 0 atom stereocenters. The maximum absolute atomic E-state index is 13.1. The van der Waals surface area contributed by atoms with E-state index >= 15 is 0 Å². The second-order valence-electron chi connectivity index (χ2n) is 3.65. The van der Waals surface area contributed by atoms with E-state index in [0.717, 1.165) is 15.9 Å². The molecule has 1 heterocycles. The van der Waals surface area contributed by atoms with Crippen molar-refractivity contribution in [3.05, 3.63) is 58.1 Å². The molecule has 0 spiro atoms. The molecular weight excluding hydrogens is 297 g/mol. The molecule has 0 aliphatic heterocycles. The van der Waals surface area contributed by atoms with E-state index in [9.17, 15) is 4.39 Å². The topological polar surface area (TPSA) is 48.7 Å². The Morgan fingerprint density at radius 1 is 1.33 bits per heavy atom.